The summed E-state index contributed by atoms with van der Waals surface area (Å²) in [6.07, 6.45) is -9.03. The Labute approximate surface area is 112 Å². The Bertz CT molecular complexity index is 674. The van der Waals surface area contributed by atoms with Gasteiger partial charge >= 0.3 is 17.9 Å². The Balaban J connectivity index is 3.74. The van der Waals surface area contributed by atoms with E-state index in [1.807, 2.05) is 0 Å². The van der Waals surface area contributed by atoms with E-state index in [1.165, 1.54) is 0 Å². The van der Waals surface area contributed by atoms with Gasteiger partial charge in [-0.3, -0.25) is 10.1 Å². The topological polar surface area (TPSA) is 125 Å². The number of alkyl halides is 5. The van der Waals surface area contributed by atoms with E-state index in [0.717, 1.165) is 0 Å². The Hall–Kier alpha value is -2.09. The molecule has 0 saturated heterocycles. The number of rotatable bonds is 4. The number of sulfonamides is 1. The quantitative estimate of drug-likeness (QED) is 0.504. The summed E-state index contributed by atoms with van der Waals surface area (Å²) in [4.78, 5) is 10.1. The normalized spacial score (nSPS) is 12.5. The smallest absolute Gasteiger partial charge is 0.381 e. The lowest BCUT2D eigenvalue weighted by molar-refractivity contribution is -0.392. The van der Waals surface area contributed by atoms with Gasteiger partial charge in [-0.2, -0.15) is 0 Å². The van der Waals surface area contributed by atoms with Crippen LogP contribution >= 0.6 is 0 Å². The number of pyridine rings is 1. The highest BCUT2D eigenvalue weighted by atomic mass is 32.2. The summed E-state index contributed by atoms with van der Waals surface area (Å²) in [6.45, 7) is 0. The molecule has 14 heteroatoms. The highest BCUT2D eigenvalue weighted by molar-refractivity contribution is 7.89. The van der Waals surface area contributed by atoms with E-state index in [4.69, 9.17) is 0 Å². The summed E-state index contributed by atoms with van der Waals surface area (Å²) in [5, 5.41) is 15.2. The number of ether oxygens (including phenoxy) is 1. The highest BCUT2D eigenvalue weighted by Gasteiger charge is 2.39. The molecule has 118 valence electrons. The number of nitro groups is 1. The van der Waals surface area contributed by atoms with Gasteiger partial charge in [-0.15, -0.1) is 13.2 Å². The van der Waals surface area contributed by atoms with Crippen LogP contribution in [0, 0.1) is 10.1 Å². The fourth-order valence-corrected chi connectivity index (χ4v) is 1.90. The maximum absolute atomic E-state index is 12.5. The van der Waals surface area contributed by atoms with E-state index in [-0.39, 0.29) is 6.07 Å². The number of halogens is 5. The molecular weight excluding hydrogens is 333 g/mol. The third-order valence-electron chi connectivity index (χ3n) is 1.87. The number of hydrogen-bond acceptors (Lipinski definition) is 6. The second kappa shape index (κ2) is 5.36. The zero-order chi connectivity index (χ0) is 16.6. The molecule has 0 aliphatic carbocycles. The Kier molecular flexibility index (Phi) is 4.33. The molecule has 0 atom stereocenters. The van der Waals surface area contributed by atoms with Crippen LogP contribution in [0.5, 0.6) is 5.88 Å². The fourth-order valence-electron chi connectivity index (χ4n) is 1.19. The van der Waals surface area contributed by atoms with Crippen molar-refractivity contribution in [2.75, 3.05) is 0 Å². The second-order valence-corrected chi connectivity index (χ2v) is 4.88. The van der Waals surface area contributed by atoms with Crippen LogP contribution < -0.4 is 9.88 Å². The van der Waals surface area contributed by atoms with Crippen LogP contribution in [0.1, 0.15) is 12.1 Å². The summed E-state index contributed by atoms with van der Waals surface area (Å²) in [5.41, 5.74) is -3.27. The van der Waals surface area contributed by atoms with Gasteiger partial charge in [0.15, 0.2) is 4.90 Å². The van der Waals surface area contributed by atoms with Crippen molar-refractivity contribution >= 4 is 15.7 Å². The van der Waals surface area contributed by atoms with Crippen molar-refractivity contribution in [1.82, 2.24) is 4.98 Å². The predicted octanol–water partition coefficient (Wildman–Crippen LogP) is 1.47. The van der Waals surface area contributed by atoms with Gasteiger partial charge in [0.05, 0.1) is 4.92 Å². The average molecular weight is 337 g/mol. The Morgan fingerprint density at radius 2 is 1.90 bits per heavy atom. The van der Waals surface area contributed by atoms with Gasteiger partial charge in [-0.05, 0) is 6.07 Å². The van der Waals surface area contributed by atoms with Gasteiger partial charge in [-0.1, -0.05) is 0 Å². The molecule has 1 heterocycles. The van der Waals surface area contributed by atoms with Crippen molar-refractivity contribution in [2.24, 2.45) is 5.14 Å². The van der Waals surface area contributed by atoms with Gasteiger partial charge in [0.1, 0.15) is 5.69 Å². The molecule has 0 aliphatic heterocycles. The second-order valence-electron chi connectivity index (χ2n) is 3.35. The first-order valence-electron chi connectivity index (χ1n) is 4.59. The first kappa shape index (κ1) is 17.0. The molecular formula is C7H4F5N3O5S. The lowest BCUT2D eigenvalue weighted by Gasteiger charge is -2.11. The minimum absolute atomic E-state index is 0.00136. The largest absolute Gasteiger partial charge is 0.574 e. The van der Waals surface area contributed by atoms with Gasteiger partial charge < -0.3 is 4.74 Å². The van der Waals surface area contributed by atoms with Crippen molar-refractivity contribution in [3.63, 3.8) is 0 Å². The van der Waals surface area contributed by atoms with E-state index in [0.29, 0.717) is 0 Å². The summed E-state index contributed by atoms with van der Waals surface area (Å²) in [7, 11) is -4.97. The molecule has 0 amide bonds. The van der Waals surface area contributed by atoms with Crippen molar-refractivity contribution < 1.29 is 40.0 Å². The molecule has 0 saturated carbocycles. The number of nitrogens with two attached hydrogens (primary N) is 1. The van der Waals surface area contributed by atoms with Crippen molar-refractivity contribution in [2.45, 2.75) is 17.7 Å². The minimum atomic E-state index is -5.52. The van der Waals surface area contributed by atoms with Crippen LogP contribution in [0.3, 0.4) is 0 Å². The minimum Gasteiger partial charge on any atom is -0.381 e. The molecule has 0 spiro atoms. The molecule has 0 bridgehead atoms. The SMILES string of the molecule is NS(=O)(=O)c1cc(C(F)F)nc(OC(F)(F)F)c1[N+](=O)[O-]. The van der Waals surface area contributed by atoms with Crippen LogP contribution in [0.25, 0.3) is 0 Å². The average Bonchev–Trinajstić information content (AvgIpc) is 2.23. The summed E-state index contributed by atoms with van der Waals surface area (Å²) in [5.74, 6) is -1.95. The Morgan fingerprint density at radius 3 is 2.24 bits per heavy atom. The van der Waals surface area contributed by atoms with Crippen molar-refractivity contribution in [1.29, 1.82) is 0 Å². The maximum Gasteiger partial charge on any atom is 0.574 e. The predicted molar refractivity (Wildman–Crippen MR) is 53.9 cm³/mol. The first-order valence-corrected chi connectivity index (χ1v) is 6.13. The third kappa shape index (κ3) is 4.19. The van der Waals surface area contributed by atoms with E-state index in [2.05, 4.69) is 14.9 Å². The Morgan fingerprint density at radius 1 is 1.38 bits per heavy atom. The van der Waals surface area contributed by atoms with E-state index >= 15 is 0 Å². The molecule has 8 nitrogen and oxygen atoms in total. The van der Waals surface area contributed by atoms with Gasteiger partial charge in [0.25, 0.3) is 6.43 Å². The first-order chi connectivity index (χ1) is 9.33. The molecule has 0 unspecified atom stereocenters. The monoisotopic (exact) mass is 337 g/mol. The molecule has 21 heavy (non-hydrogen) atoms. The fraction of sp³-hybridized carbons (Fsp3) is 0.286. The molecule has 1 aromatic heterocycles. The molecule has 0 radical (unpaired) electrons. The number of nitrogens with zero attached hydrogens (tertiary/aromatic N) is 2. The van der Waals surface area contributed by atoms with Crippen molar-refractivity contribution in [3.05, 3.63) is 21.9 Å². The molecule has 0 aliphatic rings. The van der Waals surface area contributed by atoms with E-state index in [1.54, 1.807) is 0 Å². The van der Waals surface area contributed by atoms with Crippen LogP contribution in [-0.2, 0) is 10.0 Å². The molecule has 0 fully saturated rings. The lowest BCUT2D eigenvalue weighted by Crippen LogP contribution is -2.21. The summed E-state index contributed by atoms with van der Waals surface area (Å²) >= 11 is 0. The number of primary sulfonamides is 1. The molecule has 1 rings (SSSR count). The van der Waals surface area contributed by atoms with Crippen LogP contribution in [-0.4, -0.2) is 24.7 Å². The summed E-state index contributed by atoms with van der Waals surface area (Å²) in [6, 6.07) is 0.00136. The van der Waals surface area contributed by atoms with Crippen LogP contribution in [0.4, 0.5) is 27.6 Å². The summed E-state index contributed by atoms with van der Waals surface area (Å²) < 4.78 is 86.6. The van der Waals surface area contributed by atoms with Crippen molar-refractivity contribution in [3.8, 4) is 5.88 Å². The van der Waals surface area contributed by atoms with E-state index < -0.39 is 49.9 Å². The van der Waals surface area contributed by atoms with Gasteiger partial charge in [0.2, 0.25) is 10.0 Å². The van der Waals surface area contributed by atoms with Gasteiger partial charge in [-0.25, -0.2) is 27.3 Å². The molecule has 1 aromatic rings. The number of aromatic nitrogens is 1. The van der Waals surface area contributed by atoms with Gasteiger partial charge in [0, 0.05) is 0 Å². The molecule has 2 N–H and O–H groups in total. The number of hydrogen-bond donors (Lipinski definition) is 1. The lowest BCUT2D eigenvalue weighted by atomic mass is 10.3. The zero-order valence-electron chi connectivity index (χ0n) is 9.47. The zero-order valence-corrected chi connectivity index (χ0v) is 10.3. The molecule has 0 aromatic carbocycles. The standard InChI is InChI=1S/C7H4F5N3O5S/c8-5(9)2-1-3(21(13,18)19)4(15(16)17)6(14-2)20-7(10,11)12/h1,5H,(H2,13,18,19). The van der Waals surface area contributed by atoms with Crippen LogP contribution in [0.2, 0.25) is 0 Å². The third-order valence-corrected chi connectivity index (χ3v) is 2.79. The highest BCUT2D eigenvalue weighted by Crippen LogP contribution is 2.37. The van der Waals surface area contributed by atoms with E-state index in [9.17, 15) is 40.5 Å². The van der Waals surface area contributed by atoms with Crippen LogP contribution in [0.15, 0.2) is 11.0 Å². The maximum atomic E-state index is 12.5.